The second kappa shape index (κ2) is 6.76. The highest BCUT2D eigenvalue weighted by Gasteiger charge is 2.65. The molecular formula is C20H29N3O4S. The Morgan fingerprint density at radius 3 is 2.64 bits per heavy atom. The maximum atomic E-state index is 13.3. The van der Waals surface area contributed by atoms with E-state index in [0.717, 1.165) is 25.0 Å². The Kier molecular flexibility index (Phi) is 4.77. The Labute approximate surface area is 166 Å². The molecule has 0 amide bonds. The van der Waals surface area contributed by atoms with Crippen LogP contribution in [0.2, 0.25) is 0 Å². The normalized spacial score (nSPS) is 32.6. The summed E-state index contributed by atoms with van der Waals surface area (Å²) in [4.78, 5) is 12.7. The van der Waals surface area contributed by atoms with E-state index in [1.54, 1.807) is 6.07 Å². The molecule has 0 aromatic carbocycles. The molecule has 1 aromatic rings. The molecule has 3 aliphatic rings. The van der Waals surface area contributed by atoms with Crippen molar-refractivity contribution in [2.24, 2.45) is 16.7 Å². The second-order valence-electron chi connectivity index (χ2n) is 9.18. The smallest absolute Gasteiger partial charge is 0.233 e. The van der Waals surface area contributed by atoms with Gasteiger partial charge in [0, 0.05) is 24.4 Å². The van der Waals surface area contributed by atoms with Crippen LogP contribution in [0.25, 0.3) is 0 Å². The van der Waals surface area contributed by atoms with Crippen molar-refractivity contribution in [3.63, 3.8) is 0 Å². The van der Waals surface area contributed by atoms with Gasteiger partial charge < -0.3 is 4.74 Å². The maximum Gasteiger partial charge on any atom is 0.233 e. The van der Waals surface area contributed by atoms with Gasteiger partial charge in [0.25, 0.3) is 0 Å². The molecule has 4 rings (SSSR count). The third-order valence-electron chi connectivity index (χ3n) is 7.36. The molecule has 0 radical (unpaired) electrons. The minimum absolute atomic E-state index is 0.0700. The summed E-state index contributed by atoms with van der Waals surface area (Å²) in [5.74, 6) is 0.795. The van der Waals surface area contributed by atoms with Gasteiger partial charge >= 0.3 is 0 Å². The average molecular weight is 408 g/mol. The van der Waals surface area contributed by atoms with Gasteiger partial charge in [0.05, 0.1) is 18.0 Å². The summed E-state index contributed by atoms with van der Waals surface area (Å²) in [6.07, 6.45) is 3.43. The highest BCUT2D eigenvalue weighted by atomic mass is 32.2. The zero-order valence-corrected chi connectivity index (χ0v) is 17.7. The van der Waals surface area contributed by atoms with Crippen molar-refractivity contribution in [2.75, 3.05) is 18.8 Å². The minimum Gasteiger partial charge on any atom is -0.472 e. The monoisotopic (exact) mass is 407 g/mol. The van der Waals surface area contributed by atoms with E-state index in [0.29, 0.717) is 37.7 Å². The van der Waals surface area contributed by atoms with Gasteiger partial charge in [-0.05, 0) is 50.0 Å². The van der Waals surface area contributed by atoms with Crippen LogP contribution in [-0.4, -0.2) is 53.6 Å². The summed E-state index contributed by atoms with van der Waals surface area (Å²) < 4.78 is 34.0. The average Bonchev–Trinajstić information content (AvgIpc) is 2.98. The molecule has 2 saturated carbocycles. The second-order valence-corrected chi connectivity index (χ2v) is 11.1. The van der Waals surface area contributed by atoms with Crippen LogP contribution >= 0.6 is 0 Å². The van der Waals surface area contributed by atoms with Crippen LogP contribution in [0.4, 0.5) is 0 Å². The molecule has 2 heterocycles. The zero-order chi connectivity index (χ0) is 20.2. The summed E-state index contributed by atoms with van der Waals surface area (Å²) in [5.41, 5.74) is -0.175. The number of Topliss-reactive ketones (excluding diaryl/α,β-unsaturated/α-hetero) is 1. The van der Waals surface area contributed by atoms with Crippen LogP contribution < -0.4 is 4.74 Å². The van der Waals surface area contributed by atoms with E-state index in [4.69, 9.17) is 4.74 Å². The lowest BCUT2D eigenvalue weighted by Crippen LogP contribution is -2.50. The van der Waals surface area contributed by atoms with Crippen LogP contribution in [0.15, 0.2) is 12.1 Å². The number of rotatable bonds is 5. The summed E-state index contributed by atoms with van der Waals surface area (Å²) in [6, 6.07) is 3.58. The topological polar surface area (TPSA) is 89.5 Å². The number of aromatic nitrogens is 2. The summed E-state index contributed by atoms with van der Waals surface area (Å²) in [7, 11) is -3.55. The Balaban J connectivity index is 1.48. The number of ketones is 1. The molecule has 8 heteroatoms. The molecular weight excluding hydrogens is 378 g/mol. The number of hydrogen-bond donors (Lipinski definition) is 0. The third kappa shape index (κ3) is 3.14. The van der Waals surface area contributed by atoms with Crippen molar-refractivity contribution in [1.82, 2.24) is 14.5 Å². The quantitative estimate of drug-likeness (QED) is 0.744. The molecule has 1 aliphatic heterocycles. The first-order chi connectivity index (χ1) is 13.1. The van der Waals surface area contributed by atoms with Gasteiger partial charge in [-0.3, -0.25) is 4.79 Å². The summed E-state index contributed by atoms with van der Waals surface area (Å²) in [6.45, 7) is 6.78. The van der Waals surface area contributed by atoms with Crippen LogP contribution in [0.5, 0.6) is 5.88 Å². The summed E-state index contributed by atoms with van der Waals surface area (Å²) >= 11 is 0. The number of carbonyl (C=O) groups is 1. The number of aryl methyl sites for hydroxylation is 1. The van der Waals surface area contributed by atoms with Crippen molar-refractivity contribution in [3.8, 4) is 5.88 Å². The van der Waals surface area contributed by atoms with Crippen molar-refractivity contribution >= 4 is 15.8 Å². The molecule has 3 fully saturated rings. The predicted octanol–water partition coefficient (Wildman–Crippen LogP) is 2.35. The van der Waals surface area contributed by atoms with E-state index in [-0.39, 0.29) is 23.1 Å². The lowest BCUT2D eigenvalue weighted by molar-refractivity contribution is -0.128. The fraction of sp³-hybridized carbons (Fsp3) is 0.750. The summed E-state index contributed by atoms with van der Waals surface area (Å²) in [5, 5.41) is 8.00. The van der Waals surface area contributed by atoms with E-state index in [1.807, 2.05) is 13.0 Å². The van der Waals surface area contributed by atoms with Crippen LogP contribution in [-0.2, 0) is 14.8 Å². The Hall–Kier alpha value is -1.54. The third-order valence-corrected chi connectivity index (χ3v) is 9.34. The maximum absolute atomic E-state index is 13.3. The van der Waals surface area contributed by atoms with E-state index in [2.05, 4.69) is 24.0 Å². The number of piperidine rings is 1. The minimum atomic E-state index is -3.55. The number of carbonyl (C=O) groups excluding carboxylic acids is 1. The van der Waals surface area contributed by atoms with Gasteiger partial charge in [-0.2, -0.15) is 9.40 Å². The Morgan fingerprint density at radius 1 is 1.25 bits per heavy atom. The Morgan fingerprint density at radius 2 is 2.04 bits per heavy atom. The molecule has 28 heavy (non-hydrogen) atoms. The van der Waals surface area contributed by atoms with Crippen LogP contribution in [0, 0.1) is 23.7 Å². The largest absolute Gasteiger partial charge is 0.472 e. The lowest BCUT2D eigenvalue weighted by atomic mass is 9.70. The number of sulfonamides is 1. The lowest BCUT2D eigenvalue weighted by Gasteiger charge is -2.39. The molecule has 3 unspecified atom stereocenters. The van der Waals surface area contributed by atoms with Gasteiger partial charge in [-0.15, -0.1) is 5.10 Å². The molecule has 2 aliphatic carbocycles. The Bertz CT molecular complexity index is 868. The first-order valence-electron chi connectivity index (χ1n) is 10.1. The molecule has 0 spiro atoms. The van der Waals surface area contributed by atoms with Gasteiger partial charge in [0.1, 0.15) is 11.9 Å². The predicted molar refractivity (Wildman–Crippen MR) is 104 cm³/mol. The highest BCUT2D eigenvalue weighted by molar-refractivity contribution is 7.89. The van der Waals surface area contributed by atoms with E-state index in [1.165, 1.54) is 4.31 Å². The first kappa shape index (κ1) is 19.8. The van der Waals surface area contributed by atoms with Gasteiger partial charge in [-0.25, -0.2) is 8.42 Å². The zero-order valence-electron chi connectivity index (χ0n) is 16.8. The molecule has 154 valence electrons. The number of fused-ring (bicyclic) bond motifs is 2. The van der Waals surface area contributed by atoms with Gasteiger partial charge in [0.15, 0.2) is 0 Å². The van der Waals surface area contributed by atoms with Crippen molar-refractivity contribution < 1.29 is 17.9 Å². The fourth-order valence-electron chi connectivity index (χ4n) is 5.39. The fourth-order valence-corrected chi connectivity index (χ4v) is 7.67. The van der Waals surface area contributed by atoms with Crippen molar-refractivity contribution in [2.45, 2.75) is 59.0 Å². The molecule has 2 bridgehead atoms. The van der Waals surface area contributed by atoms with Crippen molar-refractivity contribution in [1.29, 1.82) is 0 Å². The van der Waals surface area contributed by atoms with Gasteiger partial charge in [-0.1, -0.05) is 13.8 Å². The van der Waals surface area contributed by atoms with Crippen molar-refractivity contribution in [3.05, 3.63) is 17.8 Å². The van der Waals surface area contributed by atoms with Crippen LogP contribution in [0.3, 0.4) is 0 Å². The van der Waals surface area contributed by atoms with E-state index < -0.39 is 15.4 Å². The molecule has 1 aromatic heterocycles. The first-order valence-corrected chi connectivity index (χ1v) is 11.7. The van der Waals surface area contributed by atoms with E-state index in [9.17, 15) is 13.2 Å². The molecule has 0 N–H and O–H groups in total. The van der Waals surface area contributed by atoms with Gasteiger partial charge in [0.2, 0.25) is 15.9 Å². The standard InChI is InChI=1S/C20H29N3O4S/c1-14-6-7-18(22-21-14)27-16-5-4-10-23(12-16)28(25,26)13-20-9-8-15(11-17(20)24)19(20,2)3/h6-7,15-16H,4-5,8-13H2,1-3H3. The number of ether oxygens (including phenoxy) is 1. The molecule has 1 saturated heterocycles. The molecule has 3 atom stereocenters. The SMILES string of the molecule is Cc1ccc(OC2CCCN(S(=O)(=O)CC34CCC(CC3=O)C4(C)C)C2)nn1. The highest BCUT2D eigenvalue weighted by Crippen LogP contribution is 2.64. The van der Waals surface area contributed by atoms with E-state index >= 15 is 0 Å². The number of hydrogen-bond acceptors (Lipinski definition) is 6. The number of nitrogens with zero attached hydrogens (tertiary/aromatic N) is 3. The molecule has 7 nitrogen and oxygen atoms in total. The van der Waals surface area contributed by atoms with Crippen LogP contribution in [0.1, 0.15) is 51.6 Å².